The SMILES string of the molecule is CC(N)(C(=O)NCc1nncn1C1CC1)c1ccc(Br)cc1. The van der Waals surface area contributed by atoms with Gasteiger partial charge in [0.25, 0.3) is 0 Å². The third-order valence-corrected chi connectivity index (χ3v) is 4.44. The zero-order valence-electron chi connectivity index (χ0n) is 12.3. The van der Waals surface area contributed by atoms with E-state index in [0.29, 0.717) is 12.6 Å². The standard InChI is InChI=1S/C15H18BrN5O/c1-15(17,10-2-4-11(16)5-3-10)14(22)18-8-13-20-19-9-21(13)12-6-7-12/h2-5,9,12H,6-8,17H2,1H3,(H,18,22). The Kier molecular flexibility index (Phi) is 4.01. The van der Waals surface area contributed by atoms with E-state index in [0.717, 1.165) is 28.7 Å². The van der Waals surface area contributed by atoms with Crippen LogP contribution in [0.3, 0.4) is 0 Å². The minimum absolute atomic E-state index is 0.236. The van der Waals surface area contributed by atoms with Gasteiger partial charge in [0.1, 0.15) is 11.9 Å². The van der Waals surface area contributed by atoms with Crippen molar-refractivity contribution in [3.8, 4) is 0 Å². The van der Waals surface area contributed by atoms with E-state index in [1.807, 2.05) is 28.8 Å². The first-order valence-corrected chi connectivity index (χ1v) is 7.99. The Morgan fingerprint density at radius 3 is 2.77 bits per heavy atom. The van der Waals surface area contributed by atoms with Crippen molar-refractivity contribution in [3.63, 3.8) is 0 Å². The number of aromatic nitrogens is 3. The van der Waals surface area contributed by atoms with Gasteiger partial charge in [-0.25, -0.2) is 0 Å². The lowest BCUT2D eigenvalue weighted by molar-refractivity contribution is -0.126. The van der Waals surface area contributed by atoms with Crippen LogP contribution in [0.2, 0.25) is 0 Å². The Labute approximate surface area is 137 Å². The minimum atomic E-state index is -1.09. The molecule has 1 saturated carbocycles. The summed E-state index contributed by atoms with van der Waals surface area (Å²) in [5.74, 6) is 0.530. The van der Waals surface area contributed by atoms with E-state index in [1.54, 1.807) is 13.3 Å². The molecule has 3 rings (SSSR count). The summed E-state index contributed by atoms with van der Waals surface area (Å²) in [6, 6.07) is 7.92. The number of nitrogens with one attached hydrogen (secondary N) is 1. The fraction of sp³-hybridized carbons (Fsp3) is 0.400. The number of halogens is 1. The third-order valence-electron chi connectivity index (χ3n) is 3.91. The molecule has 1 heterocycles. The second-order valence-electron chi connectivity index (χ2n) is 5.78. The maximum atomic E-state index is 12.4. The summed E-state index contributed by atoms with van der Waals surface area (Å²) >= 11 is 3.37. The molecule has 1 aromatic heterocycles. The van der Waals surface area contributed by atoms with Crippen LogP contribution in [-0.4, -0.2) is 20.7 Å². The summed E-state index contributed by atoms with van der Waals surface area (Å²) in [4.78, 5) is 12.4. The number of hydrogen-bond donors (Lipinski definition) is 2. The van der Waals surface area contributed by atoms with Crippen LogP contribution in [0.1, 0.15) is 37.2 Å². The highest BCUT2D eigenvalue weighted by molar-refractivity contribution is 9.10. The molecule has 22 heavy (non-hydrogen) atoms. The van der Waals surface area contributed by atoms with Gasteiger partial charge in [-0.3, -0.25) is 4.79 Å². The molecule has 1 unspecified atom stereocenters. The van der Waals surface area contributed by atoms with Crippen LogP contribution in [0.15, 0.2) is 35.1 Å². The molecule has 0 spiro atoms. The van der Waals surface area contributed by atoms with Gasteiger partial charge in [0, 0.05) is 10.5 Å². The molecule has 0 saturated heterocycles. The molecular formula is C15H18BrN5O. The van der Waals surface area contributed by atoms with Crippen molar-refractivity contribution in [1.29, 1.82) is 0 Å². The Balaban J connectivity index is 1.67. The van der Waals surface area contributed by atoms with Crippen LogP contribution >= 0.6 is 15.9 Å². The monoisotopic (exact) mass is 363 g/mol. The Bertz CT molecular complexity index is 675. The molecule has 0 bridgehead atoms. The van der Waals surface area contributed by atoms with Crippen molar-refractivity contribution in [3.05, 3.63) is 46.5 Å². The predicted octanol–water partition coefficient (Wildman–Crippen LogP) is 1.87. The fourth-order valence-corrected chi connectivity index (χ4v) is 2.59. The summed E-state index contributed by atoms with van der Waals surface area (Å²) in [5.41, 5.74) is 5.88. The first kappa shape index (κ1) is 15.2. The van der Waals surface area contributed by atoms with Crippen molar-refractivity contribution in [2.45, 2.75) is 37.9 Å². The molecule has 7 heteroatoms. The molecule has 3 N–H and O–H groups in total. The third kappa shape index (κ3) is 3.05. The summed E-state index contributed by atoms with van der Waals surface area (Å²) in [6.07, 6.45) is 4.01. The van der Waals surface area contributed by atoms with Gasteiger partial charge in [0.05, 0.1) is 6.54 Å². The van der Waals surface area contributed by atoms with E-state index in [1.165, 1.54) is 0 Å². The number of hydrogen-bond acceptors (Lipinski definition) is 4. The highest BCUT2D eigenvalue weighted by atomic mass is 79.9. The van der Waals surface area contributed by atoms with Crippen LogP contribution < -0.4 is 11.1 Å². The average Bonchev–Trinajstić information content (AvgIpc) is 3.24. The topological polar surface area (TPSA) is 85.8 Å². The zero-order valence-corrected chi connectivity index (χ0v) is 13.9. The first-order chi connectivity index (χ1) is 10.5. The number of amides is 1. The molecule has 1 aliphatic carbocycles. The lowest BCUT2D eigenvalue weighted by atomic mass is 9.92. The predicted molar refractivity (Wildman–Crippen MR) is 85.8 cm³/mol. The van der Waals surface area contributed by atoms with Gasteiger partial charge in [0.2, 0.25) is 5.91 Å². The van der Waals surface area contributed by atoms with Crippen molar-refractivity contribution >= 4 is 21.8 Å². The Morgan fingerprint density at radius 1 is 1.45 bits per heavy atom. The van der Waals surface area contributed by atoms with Crippen LogP contribution in [0.25, 0.3) is 0 Å². The van der Waals surface area contributed by atoms with E-state index >= 15 is 0 Å². The van der Waals surface area contributed by atoms with Crippen molar-refractivity contribution in [1.82, 2.24) is 20.1 Å². The van der Waals surface area contributed by atoms with Crippen molar-refractivity contribution < 1.29 is 4.79 Å². The van der Waals surface area contributed by atoms with Gasteiger partial charge in [0.15, 0.2) is 5.82 Å². The van der Waals surface area contributed by atoms with Crippen LogP contribution in [0.4, 0.5) is 0 Å². The molecule has 1 aromatic carbocycles. The van der Waals surface area contributed by atoms with E-state index in [-0.39, 0.29) is 5.91 Å². The first-order valence-electron chi connectivity index (χ1n) is 7.20. The molecule has 1 amide bonds. The number of carbonyl (C=O) groups is 1. The molecular weight excluding hydrogens is 346 g/mol. The van der Waals surface area contributed by atoms with Gasteiger partial charge in [-0.1, -0.05) is 28.1 Å². The van der Waals surface area contributed by atoms with Gasteiger partial charge < -0.3 is 15.6 Å². The zero-order chi connectivity index (χ0) is 15.7. The number of benzene rings is 1. The molecule has 1 fully saturated rings. The molecule has 0 radical (unpaired) electrons. The summed E-state index contributed by atoms with van der Waals surface area (Å²) in [6.45, 7) is 2.04. The molecule has 2 aromatic rings. The lowest BCUT2D eigenvalue weighted by Crippen LogP contribution is -2.48. The normalized spacial score (nSPS) is 17.0. The largest absolute Gasteiger partial charge is 0.347 e. The molecule has 1 aliphatic rings. The fourth-order valence-electron chi connectivity index (χ4n) is 2.32. The van der Waals surface area contributed by atoms with E-state index in [9.17, 15) is 4.79 Å². The Morgan fingerprint density at radius 2 is 2.14 bits per heavy atom. The molecule has 0 aliphatic heterocycles. The maximum absolute atomic E-state index is 12.4. The quantitative estimate of drug-likeness (QED) is 0.848. The number of nitrogens with two attached hydrogens (primary N) is 1. The Hall–Kier alpha value is -1.73. The van der Waals surface area contributed by atoms with Gasteiger partial charge in [-0.05, 0) is 37.5 Å². The molecule has 6 nitrogen and oxygen atoms in total. The summed E-state index contributed by atoms with van der Waals surface area (Å²) in [7, 11) is 0. The maximum Gasteiger partial charge on any atom is 0.244 e. The van der Waals surface area contributed by atoms with E-state index < -0.39 is 5.54 Å². The van der Waals surface area contributed by atoms with Crippen molar-refractivity contribution in [2.24, 2.45) is 5.73 Å². The van der Waals surface area contributed by atoms with E-state index in [2.05, 4.69) is 31.4 Å². The number of carbonyl (C=O) groups excluding carboxylic acids is 1. The smallest absolute Gasteiger partial charge is 0.244 e. The average molecular weight is 364 g/mol. The van der Waals surface area contributed by atoms with Gasteiger partial charge in [-0.2, -0.15) is 0 Å². The van der Waals surface area contributed by atoms with Crippen LogP contribution in [0, 0.1) is 0 Å². The van der Waals surface area contributed by atoms with Crippen LogP contribution in [0.5, 0.6) is 0 Å². The van der Waals surface area contributed by atoms with Gasteiger partial charge >= 0.3 is 0 Å². The lowest BCUT2D eigenvalue weighted by Gasteiger charge is -2.24. The van der Waals surface area contributed by atoms with Crippen LogP contribution in [-0.2, 0) is 16.9 Å². The highest BCUT2D eigenvalue weighted by Gasteiger charge is 2.31. The summed E-state index contributed by atoms with van der Waals surface area (Å²) < 4.78 is 2.97. The van der Waals surface area contributed by atoms with Gasteiger partial charge in [-0.15, -0.1) is 10.2 Å². The van der Waals surface area contributed by atoms with Crippen molar-refractivity contribution in [2.75, 3.05) is 0 Å². The second kappa shape index (κ2) is 5.81. The second-order valence-corrected chi connectivity index (χ2v) is 6.69. The summed E-state index contributed by atoms with van der Waals surface area (Å²) in [5, 5.41) is 10.8. The number of nitrogens with zero attached hydrogens (tertiary/aromatic N) is 3. The highest BCUT2D eigenvalue weighted by Crippen LogP contribution is 2.35. The van der Waals surface area contributed by atoms with E-state index in [4.69, 9.17) is 5.73 Å². The molecule has 116 valence electrons. The minimum Gasteiger partial charge on any atom is -0.347 e. The molecule has 1 atom stereocenters. The number of rotatable bonds is 5.